The lowest BCUT2D eigenvalue weighted by Crippen LogP contribution is -2.48. The largest absolute Gasteiger partial charge is 0.353 e. The summed E-state index contributed by atoms with van der Waals surface area (Å²) in [5, 5.41) is 12.5. The van der Waals surface area contributed by atoms with Crippen LogP contribution in [-0.4, -0.2) is 58.7 Å². The summed E-state index contributed by atoms with van der Waals surface area (Å²) in [5.74, 6) is 1.34. The van der Waals surface area contributed by atoms with Gasteiger partial charge >= 0.3 is 0 Å². The number of anilines is 2. The summed E-state index contributed by atoms with van der Waals surface area (Å²) in [4.78, 5) is 19.9. The minimum absolute atomic E-state index is 0.105. The smallest absolute Gasteiger partial charge is 0.244 e. The molecule has 1 aromatic carbocycles. The Hall–Kier alpha value is -2.12. The van der Waals surface area contributed by atoms with E-state index < -0.39 is 0 Å². The van der Waals surface area contributed by atoms with Gasteiger partial charge in [-0.25, -0.2) is 0 Å². The Morgan fingerprint density at radius 3 is 2.69 bits per heavy atom. The zero-order chi connectivity index (χ0) is 18.5. The van der Waals surface area contributed by atoms with E-state index in [1.54, 1.807) is 19.2 Å². The van der Waals surface area contributed by atoms with Crippen LogP contribution < -0.4 is 10.2 Å². The Kier molecular flexibility index (Phi) is 6.11. The predicted molar refractivity (Wildman–Crippen MR) is 103 cm³/mol. The lowest BCUT2D eigenvalue weighted by atomic mass is 10.1. The van der Waals surface area contributed by atoms with Crippen LogP contribution >= 0.6 is 23.2 Å². The number of carbonyl (C=O) groups excluding carboxylic acids is 1. The number of benzene rings is 1. The third kappa shape index (κ3) is 4.74. The highest BCUT2D eigenvalue weighted by Gasteiger charge is 2.20. The van der Waals surface area contributed by atoms with Crippen LogP contribution in [0.3, 0.4) is 0 Å². The van der Waals surface area contributed by atoms with Gasteiger partial charge in [0.15, 0.2) is 5.82 Å². The molecule has 0 aliphatic carbocycles. The zero-order valence-electron chi connectivity index (χ0n) is 14.5. The monoisotopic (exact) mass is 394 g/mol. The van der Waals surface area contributed by atoms with Crippen molar-refractivity contribution in [2.45, 2.75) is 13.3 Å². The molecule has 2 aromatic rings. The van der Waals surface area contributed by atoms with Gasteiger partial charge in [-0.2, -0.15) is 10.1 Å². The summed E-state index contributed by atoms with van der Waals surface area (Å²) < 4.78 is 0. The number of nitrogens with one attached hydrogen (secondary N) is 1. The maximum atomic E-state index is 11.4. The first kappa shape index (κ1) is 18.7. The number of amides is 1. The molecular formula is C17H20Cl2N6O. The van der Waals surface area contributed by atoms with Crippen molar-refractivity contribution >= 4 is 40.9 Å². The van der Waals surface area contributed by atoms with Gasteiger partial charge in [-0.05, 0) is 24.1 Å². The molecule has 0 spiro atoms. The molecule has 26 heavy (non-hydrogen) atoms. The molecule has 0 saturated carbocycles. The highest BCUT2D eigenvalue weighted by atomic mass is 35.5. The normalized spacial score (nSPS) is 14.4. The van der Waals surface area contributed by atoms with E-state index in [1.807, 2.05) is 17.0 Å². The maximum Gasteiger partial charge on any atom is 0.244 e. The summed E-state index contributed by atoms with van der Waals surface area (Å²) in [6.45, 7) is 5.08. The lowest BCUT2D eigenvalue weighted by Gasteiger charge is -2.34. The van der Waals surface area contributed by atoms with Crippen LogP contribution in [0.2, 0.25) is 10.0 Å². The average Bonchev–Trinajstić information content (AvgIpc) is 2.64. The molecule has 7 nitrogen and oxygen atoms in total. The number of halogens is 2. The number of hydrogen-bond acceptors (Lipinski definition) is 6. The van der Waals surface area contributed by atoms with Gasteiger partial charge in [-0.3, -0.25) is 4.79 Å². The fourth-order valence-corrected chi connectivity index (χ4v) is 3.31. The van der Waals surface area contributed by atoms with Crippen molar-refractivity contribution in [2.75, 3.05) is 42.9 Å². The second-order valence-corrected chi connectivity index (χ2v) is 6.89. The molecule has 0 unspecified atom stereocenters. The quantitative estimate of drug-likeness (QED) is 0.839. The van der Waals surface area contributed by atoms with Crippen LogP contribution in [0.5, 0.6) is 0 Å². The highest BCUT2D eigenvalue weighted by Crippen LogP contribution is 2.21. The second-order valence-electron chi connectivity index (χ2n) is 6.04. The van der Waals surface area contributed by atoms with Gasteiger partial charge in [0.2, 0.25) is 11.9 Å². The Morgan fingerprint density at radius 1 is 1.23 bits per heavy atom. The van der Waals surface area contributed by atoms with E-state index in [0.29, 0.717) is 35.6 Å². The summed E-state index contributed by atoms with van der Waals surface area (Å²) >= 11 is 12.1. The third-order valence-corrected chi connectivity index (χ3v) is 4.87. The topological polar surface area (TPSA) is 74.2 Å². The standard InChI is InChI=1S/C17H20Cl2N6O/c1-12(26)24-6-8-25(9-7-24)16-11-21-23-17(22-16)20-5-4-13-2-3-14(18)10-15(13)19/h2-3,10-11H,4-9H2,1H3,(H,20,22,23). The van der Waals surface area contributed by atoms with Crippen molar-refractivity contribution in [1.82, 2.24) is 20.1 Å². The Balaban J connectivity index is 1.55. The molecular weight excluding hydrogens is 375 g/mol. The van der Waals surface area contributed by atoms with Crippen molar-refractivity contribution in [3.63, 3.8) is 0 Å². The van der Waals surface area contributed by atoms with Gasteiger partial charge in [0.1, 0.15) is 0 Å². The fraction of sp³-hybridized carbons (Fsp3) is 0.412. The molecule has 1 amide bonds. The first-order valence-electron chi connectivity index (χ1n) is 8.41. The molecule has 1 aliphatic rings. The van der Waals surface area contributed by atoms with Crippen LogP contribution in [0.1, 0.15) is 12.5 Å². The molecule has 9 heteroatoms. The van der Waals surface area contributed by atoms with E-state index in [2.05, 4.69) is 25.4 Å². The van der Waals surface area contributed by atoms with Crippen LogP contribution in [0.15, 0.2) is 24.4 Å². The number of nitrogens with zero attached hydrogens (tertiary/aromatic N) is 5. The Morgan fingerprint density at radius 2 is 2.00 bits per heavy atom. The summed E-state index contributed by atoms with van der Waals surface area (Å²) in [7, 11) is 0. The van der Waals surface area contributed by atoms with Gasteiger partial charge in [-0.1, -0.05) is 29.3 Å². The van der Waals surface area contributed by atoms with E-state index in [9.17, 15) is 4.79 Å². The van der Waals surface area contributed by atoms with Gasteiger partial charge in [0.05, 0.1) is 6.20 Å². The molecule has 2 heterocycles. The van der Waals surface area contributed by atoms with E-state index in [4.69, 9.17) is 23.2 Å². The van der Waals surface area contributed by atoms with Crippen molar-refractivity contribution in [1.29, 1.82) is 0 Å². The number of carbonyl (C=O) groups is 1. The minimum atomic E-state index is 0.105. The summed E-state index contributed by atoms with van der Waals surface area (Å²) in [6, 6.07) is 5.47. The molecule has 3 rings (SSSR count). The van der Waals surface area contributed by atoms with Gasteiger partial charge < -0.3 is 15.1 Å². The van der Waals surface area contributed by atoms with Crippen molar-refractivity contribution in [3.05, 3.63) is 40.0 Å². The van der Waals surface area contributed by atoms with E-state index >= 15 is 0 Å². The van der Waals surface area contributed by atoms with Crippen LogP contribution in [-0.2, 0) is 11.2 Å². The van der Waals surface area contributed by atoms with E-state index in [1.165, 1.54) is 0 Å². The zero-order valence-corrected chi connectivity index (χ0v) is 16.0. The second kappa shape index (κ2) is 8.51. The minimum Gasteiger partial charge on any atom is -0.353 e. The molecule has 0 bridgehead atoms. The lowest BCUT2D eigenvalue weighted by molar-refractivity contribution is -0.129. The van der Waals surface area contributed by atoms with Crippen LogP contribution in [0.25, 0.3) is 0 Å². The molecule has 0 radical (unpaired) electrons. The van der Waals surface area contributed by atoms with Crippen LogP contribution in [0.4, 0.5) is 11.8 Å². The molecule has 1 aliphatic heterocycles. The molecule has 138 valence electrons. The maximum absolute atomic E-state index is 11.4. The van der Waals surface area contributed by atoms with Gasteiger partial charge in [-0.15, -0.1) is 5.10 Å². The number of piperazine rings is 1. The molecule has 1 N–H and O–H groups in total. The fourth-order valence-electron chi connectivity index (χ4n) is 2.81. The van der Waals surface area contributed by atoms with Crippen LogP contribution in [0, 0.1) is 0 Å². The SMILES string of the molecule is CC(=O)N1CCN(c2cnnc(NCCc3ccc(Cl)cc3Cl)n2)CC1. The average molecular weight is 395 g/mol. The van der Waals surface area contributed by atoms with Crippen molar-refractivity contribution in [2.24, 2.45) is 0 Å². The third-order valence-electron chi connectivity index (χ3n) is 4.29. The van der Waals surface area contributed by atoms with E-state index in [-0.39, 0.29) is 5.91 Å². The molecule has 1 saturated heterocycles. The van der Waals surface area contributed by atoms with Gasteiger partial charge in [0.25, 0.3) is 0 Å². The first-order valence-corrected chi connectivity index (χ1v) is 9.16. The Labute approximate surface area is 162 Å². The summed E-state index contributed by atoms with van der Waals surface area (Å²) in [6.07, 6.45) is 2.37. The number of rotatable bonds is 5. The Bertz CT molecular complexity index is 780. The van der Waals surface area contributed by atoms with E-state index in [0.717, 1.165) is 30.9 Å². The number of aromatic nitrogens is 3. The van der Waals surface area contributed by atoms with Crippen molar-refractivity contribution in [3.8, 4) is 0 Å². The van der Waals surface area contributed by atoms with Crippen molar-refractivity contribution < 1.29 is 4.79 Å². The highest BCUT2D eigenvalue weighted by molar-refractivity contribution is 6.35. The number of hydrogen-bond donors (Lipinski definition) is 1. The summed E-state index contributed by atoms with van der Waals surface area (Å²) in [5.41, 5.74) is 1.01. The first-order chi connectivity index (χ1) is 12.5. The predicted octanol–water partition coefficient (Wildman–Crippen LogP) is 2.50. The molecule has 1 aromatic heterocycles. The van der Waals surface area contributed by atoms with Gasteiger partial charge in [0, 0.05) is 49.7 Å². The molecule has 0 atom stereocenters. The molecule has 1 fully saturated rings.